The number of benzene rings is 1. The smallest absolute Gasteiger partial charge is 0.308 e. The second-order valence-corrected chi connectivity index (χ2v) is 5.42. The van der Waals surface area contributed by atoms with Gasteiger partial charge in [0, 0.05) is 17.5 Å². The van der Waals surface area contributed by atoms with E-state index in [4.69, 9.17) is 5.11 Å². The van der Waals surface area contributed by atoms with Crippen molar-refractivity contribution in [2.24, 2.45) is 0 Å². The molecule has 1 aromatic carbocycles. The third-order valence-electron chi connectivity index (χ3n) is 2.80. The average molecular weight is 261 g/mol. The first-order chi connectivity index (χ1) is 8.65. The molecule has 0 aliphatic rings. The van der Waals surface area contributed by atoms with Crippen molar-refractivity contribution in [3.63, 3.8) is 0 Å². The highest BCUT2D eigenvalue weighted by Gasteiger charge is 2.06. The van der Waals surface area contributed by atoms with Crippen LogP contribution in [0, 0.1) is 6.92 Å². The van der Waals surface area contributed by atoms with E-state index in [0.717, 1.165) is 22.7 Å². The summed E-state index contributed by atoms with van der Waals surface area (Å²) in [6.07, 6.45) is 3.57. The molecule has 0 saturated heterocycles. The van der Waals surface area contributed by atoms with Gasteiger partial charge >= 0.3 is 5.97 Å². The lowest BCUT2D eigenvalue weighted by Crippen LogP contribution is -1.97. The number of thiazole rings is 1. The van der Waals surface area contributed by atoms with Gasteiger partial charge in [-0.3, -0.25) is 4.79 Å². The van der Waals surface area contributed by atoms with E-state index in [1.54, 1.807) is 6.20 Å². The number of carboxylic acid groups (broad SMARTS) is 1. The third-order valence-corrected chi connectivity index (χ3v) is 3.85. The van der Waals surface area contributed by atoms with Crippen LogP contribution in [0.5, 0.6) is 0 Å². The Hall–Kier alpha value is -1.68. The molecule has 94 valence electrons. The van der Waals surface area contributed by atoms with E-state index in [2.05, 4.69) is 24.0 Å². The van der Waals surface area contributed by atoms with E-state index in [1.165, 1.54) is 22.5 Å². The summed E-state index contributed by atoms with van der Waals surface area (Å²) in [4.78, 5) is 15.7. The van der Waals surface area contributed by atoms with Crippen LogP contribution in [-0.4, -0.2) is 16.1 Å². The summed E-state index contributed by atoms with van der Waals surface area (Å²) in [7, 11) is 0. The van der Waals surface area contributed by atoms with Gasteiger partial charge in [-0.25, -0.2) is 4.98 Å². The van der Waals surface area contributed by atoms with E-state index in [0.29, 0.717) is 0 Å². The topological polar surface area (TPSA) is 50.2 Å². The third kappa shape index (κ3) is 3.40. The van der Waals surface area contributed by atoms with Gasteiger partial charge < -0.3 is 5.11 Å². The number of aromatic nitrogens is 1. The van der Waals surface area contributed by atoms with Crippen molar-refractivity contribution in [3.05, 3.63) is 51.5 Å². The molecule has 18 heavy (non-hydrogen) atoms. The van der Waals surface area contributed by atoms with Gasteiger partial charge in [0.15, 0.2) is 0 Å². The van der Waals surface area contributed by atoms with Crippen LogP contribution in [0.25, 0.3) is 0 Å². The Labute approximate surface area is 110 Å². The molecule has 1 N–H and O–H groups in total. The van der Waals surface area contributed by atoms with Gasteiger partial charge in [0.2, 0.25) is 0 Å². The maximum Gasteiger partial charge on any atom is 0.308 e. The Balaban J connectivity index is 1.96. The summed E-state index contributed by atoms with van der Waals surface area (Å²) in [5.41, 5.74) is 2.62. The molecule has 3 nitrogen and oxygen atoms in total. The second-order valence-electron chi connectivity index (χ2n) is 4.22. The lowest BCUT2D eigenvalue weighted by molar-refractivity contribution is -0.136. The van der Waals surface area contributed by atoms with Gasteiger partial charge in [-0.15, -0.1) is 11.3 Å². The molecule has 1 aromatic heterocycles. The van der Waals surface area contributed by atoms with Crippen LogP contribution in [0.2, 0.25) is 0 Å². The number of hydrogen-bond donors (Lipinski definition) is 1. The molecule has 0 radical (unpaired) electrons. The Morgan fingerprint density at radius 1 is 1.33 bits per heavy atom. The molecule has 0 aliphatic carbocycles. The van der Waals surface area contributed by atoms with Crippen LogP contribution < -0.4 is 0 Å². The lowest BCUT2D eigenvalue weighted by Gasteiger charge is -2.03. The molecule has 0 atom stereocenters. The quantitative estimate of drug-likeness (QED) is 0.900. The largest absolute Gasteiger partial charge is 0.481 e. The molecule has 0 amide bonds. The summed E-state index contributed by atoms with van der Waals surface area (Å²) in [5, 5.41) is 9.71. The minimum absolute atomic E-state index is 0.0715. The van der Waals surface area contributed by atoms with Crippen molar-refractivity contribution in [3.8, 4) is 0 Å². The maximum atomic E-state index is 10.6. The molecule has 4 heteroatoms. The van der Waals surface area contributed by atoms with E-state index < -0.39 is 5.97 Å². The van der Waals surface area contributed by atoms with Gasteiger partial charge in [0.1, 0.15) is 0 Å². The fourth-order valence-corrected chi connectivity index (χ4v) is 2.74. The number of aryl methyl sites for hydroxylation is 3. The molecule has 0 saturated carbocycles. The van der Waals surface area contributed by atoms with Crippen LogP contribution in [0.1, 0.15) is 21.0 Å². The molecule has 2 aromatic rings. The van der Waals surface area contributed by atoms with Crippen molar-refractivity contribution in [2.45, 2.75) is 26.2 Å². The van der Waals surface area contributed by atoms with Crippen LogP contribution >= 0.6 is 11.3 Å². The zero-order valence-corrected chi connectivity index (χ0v) is 11.0. The summed E-state index contributed by atoms with van der Waals surface area (Å²) in [6, 6.07) is 8.31. The highest BCUT2D eigenvalue weighted by molar-refractivity contribution is 7.11. The maximum absolute atomic E-state index is 10.6. The molecular formula is C14H15NO2S. The van der Waals surface area contributed by atoms with Gasteiger partial charge in [0.05, 0.1) is 11.4 Å². The van der Waals surface area contributed by atoms with Gasteiger partial charge in [-0.05, 0) is 24.5 Å². The molecule has 0 spiro atoms. The molecule has 0 fully saturated rings. The number of nitrogens with zero attached hydrogens (tertiary/aromatic N) is 1. The fraction of sp³-hybridized carbons (Fsp3) is 0.286. The van der Waals surface area contributed by atoms with Gasteiger partial charge in [-0.1, -0.05) is 24.3 Å². The summed E-state index contributed by atoms with van der Waals surface area (Å²) >= 11 is 1.49. The summed E-state index contributed by atoms with van der Waals surface area (Å²) in [5.74, 6) is -0.802. The Bertz CT molecular complexity index is 548. The zero-order chi connectivity index (χ0) is 13.0. The highest BCUT2D eigenvalue weighted by Crippen LogP contribution is 2.17. The molecule has 2 rings (SSSR count). The number of rotatable bonds is 5. The predicted molar refractivity (Wildman–Crippen MR) is 72.0 cm³/mol. The van der Waals surface area contributed by atoms with Crippen LogP contribution in [0.15, 0.2) is 30.5 Å². The highest BCUT2D eigenvalue weighted by atomic mass is 32.1. The summed E-state index contributed by atoms with van der Waals surface area (Å²) < 4.78 is 0. The van der Waals surface area contributed by atoms with Gasteiger partial charge in [-0.2, -0.15) is 0 Å². The molecule has 0 unspecified atom stereocenters. The standard InChI is InChI=1S/C14H15NO2S/c1-10-4-2-3-5-11(10)6-7-13-15-9-12(18-13)8-14(16)17/h2-5,9H,6-8H2,1H3,(H,16,17). The SMILES string of the molecule is Cc1ccccc1CCc1ncc(CC(=O)O)s1. The fourth-order valence-electron chi connectivity index (χ4n) is 1.83. The lowest BCUT2D eigenvalue weighted by atomic mass is 10.0. The van der Waals surface area contributed by atoms with E-state index in [1.807, 2.05) is 12.1 Å². The normalized spacial score (nSPS) is 10.5. The number of aliphatic carboxylic acids is 1. The Morgan fingerprint density at radius 3 is 2.83 bits per heavy atom. The van der Waals surface area contributed by atoms with Crippen LogP contribution in [-0.2, 0) is 24.1 Å². The summed E-state index contributed by atoms with van der Waals surface area (Å²) in [6.45, 7) is 2.10. The van der Waals surface area contributed by atoms with E-state index >= 15 is 0 Å². The minimum atomic E-state index is -0.802. The Kier molecular flexibility index (Phi) is 4.10. The van der Waals surface area contributed by atoms with Crippen molar-refractivity contribution >= 4 is 17.3 Å². The van der Waals surface area contributed by atoms with Crippen LogP contribution in [0.3, 0.4) is 0 Å². The predicted octanol–water partition coefficient (Wildman–Crippen LogP) is 2.86. The van der Waals surface area contributed by atoms with Crippen molar-refractivity contribution < 1.29 is 9.90 Å². The number of hydrogen-bond acceptors (Lipinski definition) is 3. The van der Waals surface area contributed by atoms with Gasteiger partial charge in [0.25, 0.3) is 0 Å². The molecule has 0 bridgehead atoms. The van der Waals surface area contributed by atoms with Crippen molar-refractivity contribution in [1.29, 1.82) is 0 Å². The first kappa shape index (κ1) is 12.8. The number of carboxylic acids is 1. The van der Waals surface area contributed by atoms with Crippen LogP contribution in [0.4, 0.5) is 0 Å². The monoisotopic (exact) mass is 261 g/mol. The first-order valence-electron chi connectivity index (χ1n) is 5.85. The molecular weight excluding hydrogens is 246 g/mol. The van der Waals surface area contributed by atoms with E-state index in [9.17, 15) is 4.79 Å². The van der Waals surface area contributed by atoms with E-state index in [-0.39, 0.29) is 6.42 Å². The first-order valence-corrected chi connectivity index (χ1v) is 6.66. The van der Waals surface area contributed by atoms with Crippen molar-refractivity contribution in [1.82, 2.24) is 4.98 Å². The zero-order valence-electron chi connectivity index (χ0n) is 10.2. The minimum Gasteiger partial charge on any atom is -0.481 e. The molecule has 1 heterocycles. The second kappa shape index (κ2) is 5.78. The number of carbonyl (C=O) groups is 1. The molecule has 0 aliphatic heterocycles. The average Bonchev–Trinajstić information content (AvgIpc) is 2.75. The Morgan fingerprint density at radius 2 is 2.11 bits per heavy atom. The van der Waals surface area contributed by atoms with Crippen molar-refractivity contribution in [2.75, 3.05) is 0 Å².